The molecule has 0 aromatic carbocycles. The summed E-state index contributed by atoms with van der Waals surface area (Å²) < 4.78 is 6.25. The van der Waals surface area contributed by atoms with E-state index >= 15 is 0 Å². The summed E-state index contributed by atoms with van der Waals surface area (Å²) >= 11 is 0. The van der Waals surface area contributed by atoms with Gasteiger partial charge in [-0.1, -0.05) is 34.1 Å². The van der Waals surface area contributed by atoms with Crippen molar-refractivity contribution in [3.05, 3.63) is 0 Å². The molecule has 0 amide bonds. The van der Waals surface area contributed by atoms with Gasteiger partial charge in [-0.3, -0.25) is 0 Å². The number of rotatable bonds is 10. The summed E-state index contributed by atoms with van der Waals surface area (Å²) in [5.41, 5.74) is 0.228. The molecule has 108 valence electrons. The van der Waals surface area contributed by atoms with E-state index in [-0.39, 0.29) is 5.60 Å². The van der Waals surface area contributed by atoms with Crippen LogP contribution < -0.4 is 5.32 Å². The molecule has 0 aromatic heterocycles. The molecular formula is C16H33NO. The lowest BCUT2D eigenvalue weighted by Crippen LogP contribution is -2.43. The van der Waals surface area contributed by atoms with Crippen molar-refractivity contribution in [1.82, 2.24) is 5.32 Å². The SMILES string of the molecule is CCCC(C)COC1(CCNCC(C)C)CCC1. The van der Waals surface area contributed by atoms with Gasteiger partial charge >= 0.3 is 0 Å². The van der Waals surface area contributed by atoms with Crippen molar-refractivity contribution in [2.75, 3.05) is 19.7 Å². The van der Waals surface area contributed by atoms with Gasteiger partial charge in [0.2, 0.25) is 0 Å². The molecule has 0 aliphatic heterocycles. The lowest BCUT2D eigenvalue weighted by molar-refractivity contribution is -0.114. The Morgan fingerprint density at radius 1 is 1.22 bits per heavy atom. The molecule has 1 aliphatic rings. The van der Waals surface area contributed by atoms with Crippen LogP contribution in [0.4, 0.5) is 0 Å². The Labute approximate surface area is 114 Å². The van der Waals surface area contributed by atoms with Crippen LogP contribution in [0.15, 0.2) is 0 Å². The summed E-state index contributed by atoms with van der Waals surface area (Å²) in [6.45, 7) is 12.3. The normalized spacial score (nSPS) is 19.8. The summed E-state index contributed by atoms with van der Waals surface area (Å²) in [4.78, 5) is 0. The van der Waals surface area contributed by atoms with Crippen molar-refractivity contribution in [2.45, 2.75) is 71.8 Å². The Kier molecular flexibility index (Phi) is 7.25. The summed E-state index contributed by atoms with van der Waals surface area (Å²) in [5, 5.41) is 3.54. The zero-order valence-corrected chi connectivity index (χ0v) is 12.9. The van der Waals surface area contributed by atoms with Crippen molar-refractivity contribution in [1.29, 1.82) is 0 Å². The Morgan fingerprint density at radius 3 is 2.44 bits per heavy atom. The third-order valence-electron chi connectivity index (χ3n) is 4.03. The zero-order valence-electron chi connectivity index (χ0n) is 12.9. The van der Waals surface area contributed by atoms with E-state index in [2.05, 4.69) is 33.0 Å². The molecular weight excluding hydrogens is 222 g/mol. The van der Waals surface area contributed by atoms with Gasteiger partial charge in [-0.15, -0.1) is 0 Å². The zero-order chi connectivity index (χ0) is 13.4. The van der Waals surface area contributed by atoms with E-state index in [4.69, 9.17) is 4.74 Å². The van der Waals surface area contributed by atoms with Crippen molar-refractivity contribution in [3.63, 3.8) is 0 Å². The second kappa shape index (κ2) is 8.16. The van der Waals surface area contributed by atoms with Crippen LogP contribution in [0.25, 0.3) is 0 Å². The van der Waals surface area contributed by atoms with E-state index in [1.165, 1.54) is 38.5 Å². The van der Waals surface area contributed by atoms with Crippen molar-refractivity contribution >= 4 is 0 Å². The molecule has 2 heteroatoms. The molecule has 1 saturated carbocycles. The van der Waals surface area contributed by atoms with E-state index in [9.17, 15) is 0 Å². The van der Waals surface area contributed by atoms with Crippen molar-refractivity contribution in [2.24, 2.45) is 11.8 Å². The fraction of sp³-hybridized carbons (Fsp3) is 1.00. The Balaban J connectivity index is 2.17. The third kappa shape index (κ3) is 5.71. The Morgan fingerprint density at radius 2 is 1.94 bits per heavy atom. The molecule has 1 unspecified atom stereocenters. The lowest BCUT2D eigenvalue weighted by atomic mass is 9.77. The molecule has 0 spiro atoms. The molecule has 1 rings (SSSR count). The number of hydrogen-bond acceptors (Lipinski definition) is 2. The van der Waals surface area contributed by atoms with E-state index in [1.54, 1.807) is 0 Å². The third-order valence-corrected chi connectivity index (χ3v) is 4.03. The number of ether oxygens (including phenoxy) is 1. The van der Waals surface area contributed by atoms with Crippen LogP contribution in [0.1, 0.15) is 66.2 Å². The largest absolute Gasteiger partial charge is 0.375 e. The minimum Gasteiger partial charge on any atom is -0.375 e. The van der Waals surface area contributed by atoms with Crippen LogP contribution in [0.3, 0.4) is 0 Å². The highest BCUT2D eigenvalue weighted by atomic mass is 16.5. The first-order valence-electron chi connectivity index (χ1n) is 7.92. The van der Waals surface area contributed by atoms with Crippen LogP contribution in [0.5, 0.6) is 0 Å². The van der Waals surface area contributed by atoms with Gasteiger partial charge in [-0.05, 0) is 57.0 Å². The average molecular weight is 255 g/mol. The molecule has 0 radical (unpaired) electrons. The fourth-order valence-electron chi connectivity index (χ4n) is 2.64. The van der Waals surface area contributed by atoms with Crippen molar-refractivity contribution in [3.8, 4) is 0 Å². The average Bonchev–Trinajstić information content (AvgIpc) is 2.26. The van der Waals surface area contributed by atoms with Crippen LogP contribution in [-0.4, -0.2) is 25.3 Å². The smallest absolute Gasteiger partial charge is 0.0694 e. The standard InChI is InChI=1S/C16H33NO/c1-5-7-15(4)13-18-16(8-6-9-16)10-11-17-12-14(2)3/h14-15,17H,5-13H2,1-4H3. The van der Waals surface area contributed by atoms with Crippen LogP contribution in [0, 0.1) is 11.8 Å². The van der Waals surface area contributed by atoms with Gasteiger partial charge in [0.05, 0.1) is 5.60 Å². The van der Waals surface area contributed by atoms with Crippen LogP contribution in [-0.2, 0) is 4.74 Å². The second-order valence-corrected chi connectivity index (χ2v) is 6.59. The highest BCUT2D eigenvalue weighted by Gasteiger charge is 2.37. The van der Waals surface area contributed by atoms with Gasteiger partial charge in [-0.25, -0.2) is 0 Å². The summed E-state index contributed by atoms with van der Waals surface area (Å²) in [6, 6.07) is 0. The van der Waals surface area contributed by atoms with Crippen LogP contribution >= 0.6 is 0 Å². The first-order valence-corrected chi connectivity index (χ1v) is 7.92. The molecule has 1 atom stereocenters. The van der Waals surface area contributed by atoms with Gasteiger partial charge in [0.25, 0.3) is 0 Å². The van der Waals surface area contributed by atoms with Crippen LogP contribution in [0.2, 0.25) is 0 Å². The van der Waals surface area contributed by atoms with Gasteiger partial charge in [-0.2, -0.15) is 0 Å². The minimum atomic E-state index is 0.228. The van der Waals surface area contributed by atoms with Gasteiger partial charge in [0.1, 0.15) is 0 Å². The maximum absolute atomic E-state index is 6.25. The molecule has 0 aromatic rings. The predicted octanol–water partition coefficient (Wildman–Crippen LogP) is 4.00. The maximum atomic E-state index is 6.25. The van der Waals surface area contributed by atoms with Crippen molar-refractivity contribution < 1.29 is 4.74 Å². The molecule has 0 heterocycles. The monoisotopic (exact) mass is 255 g/mol. The van der Waals surface area contributed by atoms with E-state index in [0.717, 1.165) is 31.5 Å². The molecule has 0 saturated heterocycles. The molecule has 0 bridgehead atoms. The lowest BCUT2D eigenvalue weighted by Gasteiger charge is -2.42. The highest BCUT2D eigenvalue weighted by Crippen LogP contribution is 2.38. The van der Waals surface area contributed by atoms with Gasteiger partial charge in [0, 0.05) is 6.61 Å². The Bertz CT molecular complexity index is 211. The summed E-state index contributed by atoms with van der Waals surface area (Å²) in [5.74, 6) is 1.46. The first kappa shape index (κ1) is 16.0. The van der Waals surface area contributed by atoms with Gasteiger partial charge < -0.3 is 10.1 Å². The summed E-state index contributed by atoms with van der Waals surface area (Å²) in [7, 11) is 0. The maximum Gasteiger partial charge on any atom is 0.0694 e. The topological polar surface area (TPSA) is 21.3 Å². The van der Waals surface area contributed by atoms with E-state index in [0.29, 0.717) is 0 Å². The molecule has 1 N–H and O–H groups in total. The molecule has 1 aliphatic carbocycles. The Hall–Kier alpha value is -0.0800. The van der Waals surface area contributed by atoms with E-state index in [1.807, 2.05) is 0 Å². The predicted molar refractivity (Wildman–Crippen MR) is 78.9 cm³/mol. The minimum absolute atomic E-state index is 0.228. The molecule has 18 heavy (non-hydrogen) atoms. The quantitative estimate of drug-likeness (QED) is 0.596. The second-order valence-electron chi connectivity index (χ2n) is 6.59. The van der Waals surface area contributed by atoms with E-state index < -0.39 is 0 Å². The molecule has 2 nitrogen and oxygen atoms in total. The highest BCUT2D eigenvalue weighted by molar-refractivity contribution is 4.90. The number of nitrogens with one attached hydrogen (secondary N) is 1. The fourth-order valence-corrected chi connectivity index (χ4v) is 2.64. The number of hydrogen-bond donors (Lipinski definition) is 1. The summed E-state index contributed by atoms with van der Waals surface area (Å²) in [6.07, 6.45) is 7.66. The van der Waals surface area contributed by atoms with Gasteiger partial charge in [0.15, 0.2) is 0 Å². The first-order chi connectivity index (χ1) is 8.58. The molecule has 1 fully saturated rings.